The van der Waals surface area contributed by atoms with Crippen LogP contribution in [-0.2, 0) is 65.4 Å². The number of esters is 4. The van der Waals surface area contributed by atoms with Crippen LogP contribution in [0.2, 0.25) is 0 Å². The number of rotatable bonds is 73. The minimum Gasteiger partial charge on any atom is -0.462 e. The van der Waals surface area contributed by atoms with Crippen LogP contribution < -0.4 is 0 Å². The first-order valence-corrected chi connectivity index (χ1v) is 42.7. The lowest BCUT2D eigenvalue weighted by molar-refractivity contribution is -0.161. The predicted octanol–water partition coefficient (Wildman–Crippen LogP) is 23.2. The van der Waals surface area contributed by atoms with E-state index < -0.39 is 97.5 Å². The standard InChI is InChI=1S/C85H140O17P2/c1-5-9-13-17-21-25-29-33-37-38-39-40-44-46-50-54-58-62-66-70-83(88)96-76-81(102-85(90)72-68-64-60-56-52-48-43-36-32-28-24-20-16-12-8-4)78-100-104(93,94)98-74-79(86)73-97-103(91,92)99-77-80(101-84(89)71-67-63-59-55-51-47-42-35-31-27-23-19-15-11-7-3)75-95-82(87)69-65-61-57-53-49-45-41-34-30-26-22-18-14-10-6-2/h9-11,13-15,21-28,33-37,39-43,46,50,79-81,86H,5-8,12,16-20,29-32,38,44-45,47-49,51-78H2,1-4H3,(H,91,92)(H,93,94)/b13-9-,14-10-,15-11-,25-21-,26-22-,27-23-,28-24-,37-33-,40-39-,41-34-,42-35-,43-36-,50-46-. The van der Waals surface area contributed by atoms with E-state index in [4.69, 9.17) is 37.0 Å². The molecule has 0 aromatic rings. The average Bonchev–Trinajstić information content (AvgIpc) is 0.918. The topological polar surface area (TPSA) is 237 Å². The Bertz CT molecular complexity index is 2590. The van der Waals surface area contributed by atoms with Gasteiger partial charge < -0.3 is 33.8 Å². The number of unbranched alkanes of at least 4 members (excludes halogenated alkanes) is 21. The highest BCUT2D eigenvalue weighted by molar-refractivity contribution is 7.47. The molecule has 0 rings (SSSR count). The highest BCUT2D eigenvalue weighted by atomic mass is 31.2. The summed E-state index contributed by atoms with van der Waals surface area (Å²) >= 11 is 0. The quantitative estimate of drug-likeness (QED) is 0.0169. The Labute approximate surface area is 629 Å². The Balaban J connectivity index is 5.44. The van der Waals surface area contributed by atoms with Crippen molar-refractivity contribution in [2.75, 3.05) is 39.6 Å². The molecule has 592 valence electrons. The molecule has 3 N–H and O–H groups in total. The van der Waals surface area contributed by atoms with Crippen molar-refractivity contribution in [1.82, 2.24) is 0 Å². The first-order valence-electron chi connectivity index (χ1n) is 39.7. The number of aliphatic hydroxyl groups excluding tert-OH is 1. The Morgan fingerprint density at radius 1 is 0.279 bits per heavy atom. The van der Waals surface area contributed by atoms with Gasteiger partial charge in [-0.1, -0.05) is 263 Å². The zero-order chi connectivity index (χ0) is 76.0. The molecule has 0 aliphatic heterocycles. The predicted molar refractivity (Wildman–Crippen MR) is 427 cm³/mol. The lowest BCUT2D eigenvalue weighted by atomic mass is 10.1. The van der Waals surface area contributed by atoms with Gasteiger partial charge in [0.05, 0.1) is 26.4 Å². The van der Waals surface area contributed by atoms with Gasteiger partial charge in [-0.25, -0.2) is 9.13 Å². The number of carbonyl (C=O) groups excluding carboxylic acids is 4. The molecule has 0 saturated carbocycles. The molecule has 0 spiro atoms. The molecule has 0 aromatic heterocycles. The number of carbonyl (C=O) groups is 4. The summed E-state index contributed by atoms with van der Waals surface area (Å²) in [4.78, 5) is 73.0. The second-order valence-corrected chi connectivity index (χ2v) is 28.8. The van der Waals surface area contributed by atoms with Gasteiger partial charge in [0.2, 0.25) is 0 Å². The molecule has 17 nitrogen and oxygen atoms in total. The molecule has 0 fully saturated rings. The van der Waals surface area contributed by atoms with E-state index in [0.717, 1.165) is 199 Å². The van der Waals surface area contributed by atoms with E-state index in [2.05, 4.69) is 186 Å². The van der Waals surface area contributed by atoms with E-state index in [1.165, 1.54) is 19.3 Å². The first-order chi connectivity index (χ1) is 50.7. The van der Waals surface area contributed by atoms with Crippen LogP contribution in [0.3, 0.4) is 0 Å². The minimum absolute atomic E-state index is 0.0658. The van der Waals surface area contributed by atoms with E-state index in [-0.39, 0.29) is 25.7 Å². The molecule has 0 radical (unpaired) electrons. The Hall–Kier alpha value is -5.32. The van der Waals surface area contributed by atoms with Crippen LogP contribution in [0.1, 0.15) is 297 Å². The van der Waals surface area contributed by atoms with Crippen molar-refractivity contribution in [3.8, 4) is 0 Å². The second-order valence-electron chi connectivity index (χ2n) is 25.9. The molecule has 0 aliphatic rings. The molecular formula is C85H140O17P2. The summed E-state index contributed by atoms with van der Waals surface area (Å²) in [5.41, 5.74) is 0. The molecule has 5 unspecified atom stereocenters. The maximum Gasteiger partial charge on any atom is 0.472 e. The average molecular weight is 1500 g/mol. The smallest absolute Gasteiger partial charge is 0.462 e. The van der Waals surface area contributed by atoms with E-state index in [9.17, 15) is 43.2 Å². The van der Waals surface area contributed by atoms with Crippen molar-refractivity contribution < 1.29 is 80.2 Å². The van der Waals surface area contributed by atoms with Crippen molar-refractivity contribution in [2.24, 2.45) is 0 Å². The van der Waals surface area contributed by atoms with Crippen molar-refractivity contribution in [1.29, 1.82) is 0 Å². The Morgan fingerprint density at radius 3 is 0.779 bits per heavy atom. The van der Waals surface area contributed by atoms with Crippen LogP contribution in [0, 0.1) is 0 Å². The van der Waals surface area contributed by atoms with E-state index in [1.54, 1.807) is 0 Å². The highest BCUT2D eigenvalue weighted by Crippen LogP contribution is 2.45. The number of allylic oxidation sites excluding steroid dienone is 26. The van der Waals surface area contributed by atoms with Crippen LogP contribution >= 0.6 is 15.6 Å². The maximum absolute atomic E-state index is 13.1. The molecule has 0 aromatic carbocycles. The van der Waals surface area contributed by atoms with Crippen molar-refractivity contribution in [2.45, 2.75) is 316 Å². The number of hydrogen-bond donors (Lipinski definition) is 3. The van der Waals surface area contributed by atoms with E-state index >= 15 is 0 Å². The number of hydrogen-bond acceptors (Lipinski definition) is 15. The van der Waals surface area contributed by atoms with Gasteiger partial charge >= 0.3 is 39.5 Å². The van der Waals surface area contributed by atoms with Gasteiger partial charge in [-0.2, -0.15) is 0 Å². The molecular weight excluding hydrogens is 1350 g/mol. The Morgan fingerprint density at radius 2 is 0.500 bits per heavy atom. The number of phosphoric acid groups is 2. The van der Waals surface area contributed by atoms with Crippen molar-refractivity contribution in [3.05, 3.63) is 158 Å². The molecule has 0 bridgehead atoms. The van der Waals surface area contributed by atoms with Gasteiger partial charge in [-0.3, -0.25) is 37.3 Å². The van der Waals surface area contributed by atoms with Gasteiger partial charge in [0.1, 0.15) is 19.3 Å². The fourth-order valence-electron chi connectivity index (χ4n) is 10.0. The van der Waals surface area contributed by atoms with E-state index in [1.807, 2.05) is 0 Å². The minimum atomic E-state index is -5.00. The van der Waals surface area contributed by atoms with Crippen molar-refractivity contribution >= 4 is 39.5 Å². The Kier molecular flexibility index (Phi) is 72.0. The van der Waals surface area contributed by atoms with Gasteiger partial charge in [0, 0.05) is 25.7 Å². The number of phosphoric ester groups is 2. The summed E-state index contributed by atoms with van der Waals surface area (Å²) in [7, 11) is -9.99. The molecule has 0 amide bonds. The lowest BCUT2D eigenvalue weighted by Crippen LogP contribution is -2.30. The molecule has 5 atom stereocenters. The molecule has 19 heteroatoms. The van der Waals surface area contributed by atoms with Gasteiger partial charge in [0.15, 0.2) is 12.2 Å². The van der Waals surface area contributed by atoms with Crippen LogP contribution in [0.5, 0.6) is 0 Å². The van der Waals surface area contributed by atoms with Crippen LogP contribution in [0.4, 0.5) is 0 Å². The molecule has 0 heterocycles. The zero-order valence-electron chi connectivity index (χ0n) is 64.6. The third-order valence-electron chi connectivity index (χ3n) is 16.0. The van der Waals surface area contributed by atoms with Crippen LogP contribution in [-0.4, -0.2) is 96.7 Å². The summed E-state index contributed by atoms with van der Waals surface area (Å²) in [6.07, 6.45) is 87.9. The largest absolute Gasteiger partial charge is 0.472 e. The van der Waals surface area contributed by atoms with Gasteiger partial charge in [0.25, 0.3) is 0 Å². The zero-order valence-corrected chi connectivity index (χ0v) is 66.4. The summed E-state index contributed by atoms with van der Waals surface area (Å²) in [5, 5.41) is 10.6. The molecule has 0 aliphatic carbocycles. The third kappa shape index (κ3) is 74.9. The second kappa shape index (κ2) is 75.9. The fraction of sp³-hybridized carbons (Fsp3) is 0.647. The molecule has 104 heavy (non-hydrogen) atoms. The number of ether oxygens (including phenoxy) is 4. The SMILES string of the molecule is CC/C=C\C/C=C\C/C=C\C/C=C\C/C=C\CCCCCC(=O)OCC(COP(=O)(O)OCC(O)COP(=O)(O)OCC(COC(=O)CCCCCCC/C=C\C/C=C\C/C=C\CC)OC(=O)CCCCCCC/C=C\C/C=C\C/C=C\CC)OC(=O)CCCCCCC/C=C\C/C=C\CCCCC. The van der Waals surface area contributed by atoms with Gasteiger partial charge in [-0.05, 0) is 167 Å². The van der Waals surface area contributed by atoms with E-state index in [0.29, 0.717) is 25.7 Å². The fourth-order valence-corrected chi connectivity index (χ4v) is 11.6. The van der Waals surface area contributed by atoms with Gasteiger partial charge in [-0.15, -0.1) is 0 Å². The summed E-state index contributed by atoms with van der Waals surface area (Å²) in [6.45, 7) is 4.41. The van der Waals surface area contributed by atoms with Crippen molar-refractivity contribution in [3.63, 3.8) is 0 Å². The lowest BCUT2D eigenvalue weighted by Gasteiger charge is -2.21. The summed E-state index contributed by atoms with van der Waals surface area (Å²) in [6, 6.07) is 0. The third-order valence-corrected chi connectivity index (χ3v) is 17.9. The normalized spacial score (nSPS) is 14.7. The summed E-state index contributed by atoms with van der Waals surface area (Å²) < 4.78 is 68.6. The summed E-state index contributed by atoms with van der Waals surface area (Å²) in [5.74, 6) is -2.27. The first kappa shape index (κ1) is 98.7. The maximum atomic E-state index is 13.1. The monoisotopic (exact) mass is 1490 g/mol. The highest BCUT2D eigenvalue weighted by Gasteiger charge is 2.30. The molecule has 0 saturated heterocycles. The van der Waals surface area contributed by atoms with Crippen LogP contribution in [0.15, 0.2) is 158 Å². The number of aliphatic hydroxyl groups is 1. The van der Waals surface area contributed by atoms with Crippen LogP contribution in [0.25, 0.3) is 0 Å².